The molecule has 3 aromatic rings. The lowest BCUT2D eigenvalue weighted by Gasteiger charge is -2.30. The van der Waals surface area contributed by atoms with E-state index in [1.165, 1.54) is 6.07 Å². The molecule has 1 fully saturated rings. The number of hydrogen-bond acceptors (Lipinski definition) is 5. The van der Waals surface area contributed by atoms with Gasteiger partial charge >= 0.3 is 0 Å². The Morgan fingerprint density at radius 2 is 1.90 bits per heavy atom. The minimum atomic E-state index is -0.319. The minimum absolute atomic E-state index is 0.101. The Bertz CT molecular complexity index is 968. The first-order valence-electron chi connectivity index (χ1n) is 9.91. The molecule has 1 saturated carbocycles. The third kappa shape index (κ3) is 4.34. The second kappa shape index (κ2) is 8.51. The summed E-state index contributed by atoms with van der Waals surface area (Å²) in [7, 11) is 0. The van der Waals surface area contributed by atoms with Gasteiger partial charge in [0.1, 0.15) is 5.82 Å². The van der Waals surface area contributed by atoms with Crippen molar-refractivity contribution in [2.24, 2.45) is 0 Å². The SMILES string of the molecule is O=C(CCc1nc(-c2ccncc2)no1)NCC1(c2ccccc2F)CCCC1. The van der Waals surface area contributed by atoms with Crippen molar-refractivity contribution in [1.29, 1.82) is 0 Å². The maximum Gasteiger partial charge on any atom is 0.227 e. The first-order valence-corrected chi connectivity index (χ1v) is 9.91. The van der Waals surface area contributed by atoms with Gasteiger partial charge in [0.25, 0.3) is 0 Å². The van der Waals surface area contributed by atoms with E-state index in [0.29, 0.717) is 30.2 Å². The fourth-order valence-corrected chi connectivity index (χ4v) is 4.04. The number of amides is 1. The van der Waals surface area contributed by atoms with Crippen molar-refractivity contribution >= 4 is 5.91 Å². The van der Waals surface area contributed by atoms with Crippen LogP contribution in [0.5, 0.6) is 0 Å². The van der Waals surface area contributed by atoms with Crippen molar-refractivity contribution in [3.05, 3.63) is 66.1 Å². The van der Waals surface area contributed by atoms with Crippen LogP contribution in [0.2, 0.25) is 0 Å². The van der Waals surface area contributed by atoms with Crippen LogP contribution in [0.3, 0.4) is 0 Å². The first kappa shape index (κ1) is 19.2. The van der Waals surface area contributed by atoms with E-state index in [0.717, 1.165) is 31.2 Å². The first-order chi connectivity index (χ1) is 14.2. The standard InChI is InChI=1S/C22H23FN4O2/c23-18-6-2-1-5-17(18)22(11-3-4-12-22)15-25-19(28)7-8-20-26-21(27-29-20)16-9-13-24-14-10-16/h1-2,5-6,9-10,13-14H,3-4,7-8,11-12,15H2,(H,25,28). The molecule has 1 aliphatic carbocycles. The zero-order valence-corrected chi connectivity index (χ0v) is 16.1. The number of hydrogen-bond donors (Lipinski definition) is 1. The van der Waals surface area contributed by atoms with E-state index < -0.39 is 0 Å². The van der Waals surface area contributed by atoms with Gasteiger partial charge in [-0.05, 0) is 36.6 Å². The van der Waals surface area contributed by atoms with Crippen LogP contribution in [0.25, 0.3) is 11.4 Å². The highest BCUT2D eigenvalue weighted by Crippen LogP contribution is 2.41. The van der Waals surface area contributed by atoms with E-state index in [2.05, 4.69) is 20.4 Å². The van der Waals surface area contributed by atoms with E-state index in [1.54, 1.807) is 30.6 Å². The van der Waals surface area contributed by atoms with E-state index in [4.69, 9.17) is 4.52 Å². The van der Waals surface area contributed by atoms with Crippen LogP contribution in [0, 0.1) is 5.82 Å². The predicted molar refractivity (Wildman–Crippen MR) is 105 cm³/mol. The summed E-state index contributed by atoms with van der Waals surface area (Å²) >= 11 is 0. The number of nitrogens with one attached hydrogen (secondary N) is 1. The van der Waals surface area contributed by atoms with Crippen LogP contribution in [0.1, 0.15) is 43.6 Å². The second-order valence-corrected chi connectivity index (χ2v) is 7.49. The van der Waals surface area contributed by atoms with Gasteiger partial charge in [0, 0.05) is 42.8 Å². The molecule has 150 valence electrons. The summed E-state index contributed by atoms with van der Waals surface area (Å²) in [6, 6.07) is 10.5. The van der Waals surface area contributed by atoms with Crippen molar-refractivity contribution in [3.8, 4) is 11.4 Å². The second-order valence-electron chi connectivity index (χ2n) is 7.49. The summed E-state index contributed by atoms with van der Waals surface area (Å²) in [5.74, 6) is 0.596. The van der Waals surface area contributed by atoms with E-state index in [-0.39, 0.29) is 23.6 Å². The van der Waals surface area contributed by atoms with Gasteiger partial charge in [-0.3, -0.25) is 9.78 Å². The highest BCUT2D eigenvalue weighted by atomic mass is 19.1. The molecule has 0 spiro atoms. The molecule has 0 radical (unpaired) electrons. The Morgan fingerprint density at radius 1 is 1.14 bits per heavy atom. The number of aryl methyl sites for hydroxylation is 1. The van der Waals surface area contributed by atoms with Crippen LogP contribution in [-0.4, -0.2) is 27.6 Å². The zero-order chi connectivity index (χ0) is 20.1. The van der Waals surface area contributed by atoms with Crippen molar-refractivity contribution in [3.63, 3.8) is 0 Å². The van der Waals surface area contributed by atoms with Gasteiger partial charge in [0.2, 0.25) is 17.6 Å². The van der Waals surface area contributed by atoms with Crippen molar-refractivity contribution in [2.45, 2.75) is 43.9 Å². The fraction of sp³-hybridized carbons (Fsp3) is 0.364. The highest BCUT2D eigenvalue weighted by molar-refractivity contribution is 5.76. The number of rotatable bonds is 7. The number of benzene rings is 1. The van der Waals surface area contributed by atoms with Gasteiger partial charge in [-0.1, -0.05) is 36.2 Å². The lowest BCUT2D eigenvalue weighted by molar-refractivity contribution is -0.121. The molecule has 2 heterocycles. The van der Waals surface area contributed by atoms with Crippen molar-refractivity contribution < 1.29 is 13.7 Å². The van der Waals surface area contributed by atoms with Crippen LogP contribution >= 0.6 is 0 Å². The summed E-state index contributed by atoms with van der Waals surface area (Å²) in [6.07, 6.45) is 7.77. The van der Waals surface area contributed by atoms with Gasteiger partial charge in [-0.2, -0.15) is 4.98 Å². The number of pyridine rings is 1. The van der Waals surface area contributed by atoms with Gasteiger partial charge in [-0.25, -0.2) is 4.39 Å². The van der Waals surface area contributed by atoms with Crippen LogP contribution < -0.4 is 5.32 Å². The van der Waals surface area contributed by atoms with Gasteiger partial charge in [0.05, 0.1) is 0 Å². The molecule has 0 saturated heterocycles. The topological polar surface area (TPSA) is 80.9 Å². The monoisotopic (exact) mass is 394 g/mol. The third-order valence-corrected chi connectivity index (χ3v) is 5.60. The molecular formula is C22H23FN4O2. The highest BCUT2D eigenvalue weighted by Gasteiger charge is 2.37. The lowest BCUT2D eigenvalue weighted by Crippen LogP contribution is -2.39. The molecular weight excluding hydrogens is 371 g/mol. The van der Waals surface area contributed by atoms with Crippen LogP contribution in [0.15, 0.2) is 53.3 Å². The molecule has 1 aliphatic rings. The molecule has 0 bridgehead atoms. The quantitative estimate of drug-likeness (QED) is 0.659. The summed E-state index contributed by atoms with van der Waals surface area (Å²) in [4.78, 5) is 20.7. The van der Waals surface area contributed by atoms with E-state index in [1.807, 2.05) is 12.1 Å². The predicted octanol–water partition coefficient (Wildman–Crippen LogP) is 3.83. The molecule has 1 amide bonds. The van der Waals surface area contributed by atoms with Gasteiger partial charge in [-0.15, -0.1) is 0 Å². The zero-order valence-electron chi connectivity index (χ0n) is 16.1. The maximum absolute atomic E-state index is 14.4. The third-order valence-electron chi connectivity index (χ3n) is 5.60. The molecule has 0 atom stereocenters. The molecule has 6 nitrogen and oxygen atoms in total. The average Bonchev–Trinajstić information content (AvgIpc) is 3.42. The summed E-state index contributed by atoms with van der Waals surface area (Å²) < 4.78 is 19.6. The Hall–Kier alpha value is -3.09. The molecule has 1 aromatic carbocycles. The lowest BCUT2D eigenvalue weighted by atomic mass is 9.78. The van der Waals surface area contributed by atoms with E-state index >= 15 is 0 Å². The average molecular weight is 394 g/mol. The minimum Gasteiger partial charge on any atom is -0.355 e. The fourth-order valence-electron chi connectivity index (χ4n) is 4.04. The Labute approximate surface area is 168 Å². The van der Waals surface area contributed by atoms with Gasteiger partial charge < -0.3 is 9.84 Å². The van der Waals surface area contributed by atoms with Crippen LogP contribution in [-0.2, 0) is 16.6 Å². The van der Waals surface area contributed by atoms with E-state index in [9.17, 15) is 9.18 Å². The number of aromatic nitrogens is 3. The Kier molecular flexibility index (Phi) is 5.64. The molecule has 0 aliphatic heterocycles. The smallest absolute Gasteiger partial charge is 0.227 e. The molecule has 7 heteroatoms. The maximum atomic E-state index is 14.4. The number of halogens is 1. The molecule has 1 N–H and O–H groups in total. The number of carbonyl (C=O) groups is 1. The molecule has 0 unspecified atom stereocenters. The largest absolute Gasteiger partial charge is 0.355 e. The van der Waals surface area contributed by atoms with Crippen LogP contribution in [0.4, 0.5) is 4.39 Å². The summed E-state index contributed by atoms with van der Waals surface area (Å²) in [5, 5.41) is 6.94. The van der Waals surface area contributed by atoms with Gasteiger partial charge in [0.15, 0.2) is 0 Å². The number of carbonyl (C=O) groups excluding carboxylic acids is 1. The summed E-state index contributed by atoms with van der Waals surface area (Å²) in [5.41, 5.74) is 1.20. The molecule has 2 aromatic heterocycles. The Morgan fingerprint density at radius 3 is 2.66 bits per heavy atom. The molecule has 4 rings (SSSR count). The molecule has 29 heavy (non-hydrogen) atoms. The summed E-state index contributed by atoms with van der Waals surface area (Å²) in [6.45, 7) is 0.443. The normalized spacial score (nSPS) is 15.3. The van der Waals surface area contributed by atoms with Crippen molar-refractivity contribution in [1.82, 2.24) is 20.4 Å². The van der Waals surface area contributed by atoms with Crippen molar-refractivity contribution in [2.75, 3.05) is 6.54 Å². The number of nitrogens with zero attached hydrogens (tertiary/aromatic N) is 3. The Balaban J connectivity index is 1.34.